The van der Waals surface area contributed by atoms with Crippen LogP contribution in [0.25, 0.3) is 5.57 Å². The first-order valence-corrected chi connectivity index (χ1v) is 9.40. The van der Waals surface area contributed by atoms with E-state index in [2.05, 4.69) is 75.0 Å². The van der Waals surface area contributed by atoms with Gasteiger partial charge in [0.05, 0.1) is 6.54 Å². The maximum atomic E-state index is 3.96. The minimum Gasteiger partial charge on any atom is -0.354 e. The SMILES string of the molecule is CC.CCC.Cc1ccc2c(c1)/C(=C\C[NH3+])c1ccccc1S2. The molecule has 0 radical (unpaired) electrons. The van der Waals surface area contributed by atoms with Gasteiger partial charge in [-0.15, -0.1) is 0 Å². The van der Waals surface area contributed by atoms with Gasteiger partial charge in [0.2, 0.25) is 0 Å². The predicted molar refractivity (Wildman–Crippen MR) is 104 cm³/mol. The van der Waals surface area contributed by atoms with Gasteiger partial charge in [0.25, 0.3) is 0 Å². The maximum absolute atomic E-state index is 3.96. The van der Waals surface area contributed by atoms with E-state index in [-0.39, 0.29) is 0 Å². The first-order chi connectivity index (χ1) is 11.2. The molecule has 1 aliphatic heterocycles. The molecule has 2 aromatic rings. The zero-order chi connectivity index (χ0) is 17.2. The number of aryl methyl sites for hydroxylation is 1. The van der Waals surface area contributed by atoms with Crippen LogP contribution in [0.3, 0.4) is 0 Å². The van der Waals surface area contributed by atoms with E-state index in [0.717, 1.165) is 6.54 Å². The molecular weight excluding hydrogens is 298 g/mol. The summed E-state index contributed by atoms with van der Waals surface area (Å²) in [6, 6.07) is 15.3. The van der Waals surface area contributed by atoms with E-state index in [0.29, 0.717) is 0 Å². The summed E-state index contributed by atoms with van der Waals surface area (Å²) in [6.07, 6.45) is 3.48. The largest absolute Gasteiger partial charge is 0.354 e. The molecule has 0 aromatic heterocycles. The third-order valence-electron chi connectivity index (χ3n) is 3.17. The van der Waals surface area contributed by atoms with Gasteiger partial charge in [0, 0.05) is 9.79 Å². The highest BCUT2D eigenvalue weighted by Crippen LogP contribution is 2.45. The van der Waals surface area contributed by atoms with Gasteiger partial charge in [-0.3, -0.25) is 0 Å². The number of hydrogen-bond donors (Lipinski definition) is 1. The Kier molecular flexibility index (Phi) is 8.75. The standard InChI is InChI=1S/C16H15NS.C3H8.C2H6/c1-11-6-7-16-14(10-11)12(8-9-17)13-4-2-3-5-15(13)18-16;1-3-2;1-2/h2-8,10H,9,17H2,1H3;3H2,1-2H3;1-2H3/p+1/b12-8-;;. The van der Waals surface area contributed by atoms with Crippen molar-refractivity contribution in [3.05, 3.63) is 65.2 Å². The molecule has 0 fully saturated rings. The molecule has 2 heteroatoms. The van der Waals surface area contributed by atoms with Crippen LogP contribution < -0.4 is 5.73 Å². The first-order valence-electron chi connectivity index (χ1n) is 8.58. The normalized spacial score (nSPS) is 13.0. The van der Waals surface area contributed by atoms with Crippen LogP contribution in [0.1, 0.15) is 50.8 Å². The number of rotatable bonds is 1. The first kappa shape index (κ1) is 19.5. The molecule has 0 spiro atoms. The van der Waals surface area contributed by atoms with E-state index >= 15 is 0 Å². The third kappa shape index (κ3) is 4.98. The van der Waals surface area contributed by atoms with Crippen LogP contribution in [0.15, 0.2) is 58.3 Å². The lowest BCUT2D eigenvalue weighted by Gasteiger charge is -2.22. The summed E-state index contributed by atoms with van der Waals surface area (Å²) in [4.78, 5) is 2.69. The van der Waals surface area contributed by atoms with E-state index in [1.165, 1.54) is 38.5 Å². The second kappa shape index (κ2) is 10.3. The molecule has 0 bridgehead atoms. The van der Waals surface area contributed by atoms with Crippen molar-refractivity contribution in [3.8, 4) is 0 Å². The molecule has 0 saturated heterocycles. The van der Waals surface area contributed by atoms with E-state index in [4.69, 9.17) is 0 Å². The van der Waals surface area contributed by atoms with Crippen molar-refractivity contribution in [2.75, 3.05) is 6.54 Å². The molecule has 0 unspecified atom stereocenters. The van der Waals surface area contributed by atoms with Crippen molar-refractivity contribution in [2.24, 2.45) is 0 Å². The van der Waals surface area contributed by atoms with Crippen LogP contribution in [0.4, 0.5) is 0 Å². The minimum absolute atomic E-state index is 0.821. The Labute approximate surface area is 146 Å². The molecular formula is C21H30NS+. The van der Waals surface area contributed by atoms with E-state index in [1.54, 1.807) is 0 Å². The highest BCUT2D eigenvalue weighted by Gasteiger charge is 2.20. The lowest BCUT2D eigenvalue weighted by molar-refractivity contribution is -0.352. The van der Waals surface area contributed by atoms with Gasteiger partial charge in [-0.05, 0) is 41.8 Å². The molecule has 3 N–H and O–H groups in total. The van der Waals surface area contributed by atoms with E-state index in [9.17, 15) is 0 Å². The summed E-state index contributed by atoms with van der Waals surface area (Å²) in [5.74, 6) is 0. The summed E-state index contributed by atoms with van der Waals surface area (Å²) in [5, 5.41) is 0. The number of quaternary nitrogens is 1. The Hall–Kier alpha value is -1.51. The van der Waals surface area contributed by atoms with Crippen molar-refractivity contribution in [1.82, 2.24) is 0 Å². The quantitative estimate of drug-likeness (QED) is 0.621. The third-order valence-corrected chi connectivity index (χ3v) is 4.32. The summed E-state index contributed by atoms with van der Waals surface area (Å²) in [6.45, 7) is 11.2. The zero-order valence-corrected chi connectivity index (χ0v) is 16.0. The van der Waals surface area contributed by atoms with Gasteiger partial charge in [-0.1, -0.05) is 81.8 Å². The molecule has 1 nitrogen and oxygen atoms in total. The van der Waals surface area contributed by atoms with Crippen molar-refractivity contribution < 1.29 is 5.73 Å². The fourth-order valence-corrected chi connectivity index (χ4v) is 3.44. The van der Waals surface area contributed by atoms with Crippen LogP contribution in [0.5, 0.6) is 0 Å². The molecule has 0 aliphatic carbocycles. The maximum Gasteiger partial charge on any atom is 0.0936 e. The Bertz CT molecular complexity index is 644. The molecule has 1 heterocycles. The van der Waals surface area contributed by atoms with Gasteiger partial charge < -0.3 is 5.73 Å². The van der Waals surface area contributed by atoms with Crippen molar-refractivity contribution >= 4 is 17.3 Å². The second-order valence-electron chi connectivity index (χ2n) is 5.21. The molecule has 0 amide bonds. The van der Waals surface area contributed by atoms with Crippen molar-refractivity contribution in [3.63, 3.8) is 0 Å². The van der Waals surface area contributed by atoms with Crippen LogP contribution in [-0.2, 0) is 0 Å². The average Bonchev–Trinajstić information content (AvgIpc) is 2.58. The zero-order valence-electron chi connectivity index (χ0n) is 15.1. The van der Waals surface area contributed by atoms with E-state index in [1.807, 2.05) is 25.6 Å². The highest BCUT2D eigenvalue weighted by atomic mass is 32.2. The predicted octanol–water partition coefficient (Wildman–Crippen LogP) is 5.58. The molecule has 23 heavy (non-hydrogen) atoms. The summed E-state index contributed by atoms with van der Waals surface area (Å²) >= 11 is 1.86. The van der Waals surface area contributed by atoms with Gasteiger partial charge in [0.15, 0.2) is 0 Å². The molecule has 3 rings (SSSR count). The summed E-state index contributed by atoms with van der Waals surface area (Å²) in [5.41, 5.74) is 9.29. The van der Waals surface area contributed by atoms with Gasteiger partial charge in [-0.2, -0.15) is 0 Å². The lowest BCUT2D eigenvalue weighted by Crippen LogP contribution is -2.49. The fourth-order valence-electron chi connectivity index (χ4n) is 2.35. The van der Waals surface area contributed by atoms with Gasteiger partial charge in [-0.25, -0.2) is 0 Å². The Morgan fingerprint density at radius 2 is 1.57 bits per heavy atom. The number of benzene rings is 2. The van der Waals surface area contributed by atoms with Crippen molar-refractivity contribution in [1.29, 1.82) is 0 Å². The summed E-state index contributed by atoms with van der Waals surface area (Å²) in [7, 11) is 0. The number of fused-ring (bicyclic) bond motifs is 2. The Balaban J connectivity index is 0.000000477. The molecule has 124 valence electrons. The van der Waals surface area contributed by atoms with E-state index < -0.39 is 0 Å². The monoisotopic (exact) mass is 328 g/mol. The molecule has 0 atom stereocenters. The number of hydrogen-bond acceptors (Lipinski definition) is 1. The molecule has 2 aromatic carbocycles. The van der Waals surface area contributed by atoms with Crippen LogP contribution in [0.2, 0.25) is 0 Å². The highest BCUT2D eigenvalue weighted by molar-refractivity contribution is 7.99. The topological polar surface area (TPSA) is 27.6 Å². The second-order valence-corrected chi connectivity index (χ2v) is 6.30. The Morgan fingerprint density at radius 3 is 2.22 bits per heavy atom. The minimum atomic E-state index is 0.821. The van der Waals surface area contributed by atoms with Gasteiger partial charge in [0.1, 0.15) is 0 Å². The smallest absolute Gasteiger partial charge is 0.0936 e. The average molecular weight is 329 g/mol. The van der Waals surface area contributed by atoms with Crippen LogP contribution in [-0.4, -0.2) is 6.54 Å². The Morgan fingerprint density at radius 1 is 0.957 bits per heavy atom. The van der Waals surface area contributed by atoms with Crippen LogP contribution >= 0.6 is 11.8 Å². The van der Waals surface area contributed by atoms with Crippen molar-refractivity contribution in [2.45, 2.75) is 50.8 Å². The summed E-state index contributed by atoms with van der Waals surface area (Å²) < 4.78 is 0. The fraction of sp³-hybridized carbons (Fsp3) is 0.333. The lowest BCUT2D eigenvalue weighted by atomic mass is 9.95. The van der Waals surface area contributed by atoms with Gasteiger partial charge >= 0.3 is 0 Å². The van der Waals surface area contributed by atoms with Crippen LogP contribution in [0, 0.1) is 6.92 Å². The molecule has 0 saturated carbocycles. The molecule has 1 aliphatic rings.